The Labute approximate surface area is 160 Å². The Kier molecular flexibility index (Phi) is 5.20. The highest BCUT2D eigenvalue weighted by Gasteiger charge is 2.50. The van der Waals surface area contributed by atoms with E-state index in [-0.39, 0.29) is 12.2 Å². The molecule has 0 fully saturated rings. The van der Waals surface area contributed by atoms with Crippen LogP contribution in [0.4, 0.5) is 5.69 Å². The van der Waals surface area contributed by atoms with Crippen molar-refractivity contribution >= 4 is 17.4 Å². The van der Waals surface area contributed by atoms with Crippen molar-refractivity contribution in [1.29, 1.82) is 0 Å². The maximum Gasteiger partial charge on any atom is 0.264 e. The van der Waals surface area contributed by atoms with Crippen LogP contribution in [0.5, 0.6) is 0 Å². The zero-order valence-corrected chi connectivity index (χ0v) is 16.5. The molecule has 1 heterocycles. The van der Waals surface area contributed by atoms with Crippen LogP contribution in [0, 0.1) is 20.8 Å². The molecule has 0 saturated carbocycles. The summed E-state index contributed by atoms with van der Waals surface area (Å²) in [6.07, 6.45) is 1.56. The van der Waals surface area contributed by atoms with Gasteiger partial charge >= 0.3 is 0 Å². The van der Waals surface area contributed by atoms with E-state index in [9.17, 15) is 14.7 Å². The van der Waals surface area contributed by atoms with Crippen LogP contribution in [0.3, 0.4) is 0 Å². The quantitative estimate of drug-likeness (QED) is 0.780. The molecule has 142 valence electrons. The number of hydrogen-bond donors (Lipinski definition) is 1. The van der Waals surface area contributed by atoms with Gasteiger partial charge in [-0.25, -0.2) is 0 Å². The van der Waals surface area contributed by atoms with Gasteiger partial charge in [0.05, 0.1) is 12.1 Å². The highest BCUT2D eigenvalue weighted by Crippen LogP contribution is 2.43. The summed E-state index contributed by atoms with van der Waals surface area (Å²) in [6, 6.07) is 11.1. The first-order valence-corrected chi connectivity index (χ1v) is 9.54. The summed E-state index contributed by atoms with van der Waals surface area (Å²) >= 11 is 0. The Hall–Kier alpha value is -2.46. The Morgan fingerprint density at radius 3 is 2.44 bits per heavy atom. The second kappa shape index (κ2) is 7.28. The van der Waals surface area contributed by atoms with Gasteiger partial charge < -0.3 is 10.0 Å². The fourth-order valence-corrected chi connectivity index (χ4v) is 3.80. The summed E-state index contributed by atoms with van der Waals surface area (Å²) < 4.78 is 0. The second-order valence-electron chi connectivity index (χ2n) is 7.54. The van der Waals surface area contributed by atoms with Crippen LogP contribution >= 0.6 is 0 Å². The number of aryl methyl sites for hydroxylation is 3. The van der Waals surface area contributed by atoms with Crippen LogP contribution in [0.25, 0.3) is 0 Å². The molecule has 0 saturated heterocycles. The molecule has 1 aliphatic rings. The molecule has 4 nitrogen and oxygen atoms in total. The van der Waals surface area contributed by atoms with Gasteiger partial charge in [0.2, 0.25) is 0 Å². The number of unbranched alkanes of at least 4 members (excludes halogenated alkanes) is 1. The van der Waals surface area contributed by atoms with Gasteiger partial charge in [-0.1, -0.05) is 37.6 Å². The average molecular weight is 365 g/mol. The summed E-state index contributed by atoms with van der Waals surface area (Å²) in [5.74, 6) is -0.606. The average Bonchev–Trinajstić information content (AvgIpc) is 2.84. The van der Waals surface area contributed by atoms with Crippen molar-refractivity contribution in [3.05, 3.63) is 64.2 Å². The van der Waals surface area contributed by atoms with Crippen LogP contribution in [0.15, 0.2) is 36.4 Å². The number of para-hydroxylation sites is 1. The van der Waals surface area contributed by atoms with Gasteiger partial charge in [0.15, 0.2) is 11.4 Å². The van der Waals surface area contributed by atoms with Crippen molar-refractivity contribution in [1.82, 2.24) is 0 Å². The summed E-state index contributed by atoms with van der Waals surface area (Å²) in [6.45, 7) is 8.47. The standard InChI is InChI=1S/C23H27NO3/c1-5-6-11-24-20-10-8-7-9-19(20)23(27,22(24)26)14-21(25)18-13-16(3)15(2)12-17(18)4/h7-10,12-13,27H,5-6,11,14H2,1-4H3. The Morgan fingerprint density at radius 1 is 1.07 bits per heavy atom. The molecular weight excluding hydrogens is 338 g/mol. The molecule has 3 rings (SSSR count). The molecule has 0 aromatic heterocycles. The summed E-state index contributed by atoms with van der Waals surface area (Å²) in [4.78, 5) is 27.7. The number of ketones is 1. The first kappa shape index (κ1) is 19.3. The molecule has 0 spiro atoms. The molecule has 1 aliphatic heterocycles. The van der Waals surface area contributed by atoms with Crippen LogP contribution in [-0.2, 0) is 10.4 Å². The highest BCUT2D eigenvalue weighted by atomic mass is 16.3. The van der Waals surface area contributed by atoms with Gasteiger partial charge in [-0.15, -0.1) is 0 Å². The largest absolute Gasteiger partial charge is 0.375 e. The number of aliphatic hydroxyl groups is 1. The number of rotatable bonds is 6. The SMILES string of the molecule is CCCCN1C(=O)C(O)(CC(=O)c2cc(C)c(C)cc2C)c2ccccc21. The third-order valence-corrected chi connectivity index (χ3v) is 5.53. The molecule has 1 amide bonds. The van der Waals surface area contributed by atoms with Gasteiger partial charge in [0.25, 0.3) is 5.91 Å². The van der Waals surface area contributed by atoms with Gasteiger partial charge in [-0.2, -0.15) is 0 Å². The van der Waals surface area contributed by atoms with Gasteiger partial charge in [0.1, 0.15) is 0 Å². The second-order valence-corrected chi connectivity index (χ2v) is 7.54. The van der Waals surface area contributed by atoms with Crippen molar-refractivity contribution in [2.75, 3.05) is 11.4 Å². The summed E-state index contributed by atoms with van der Waals surface area (Å²) in [5, 5.41) is 11.3. The van der Waals surface area contributed by atoms with E-state index in [4.69, 9.17) is 0 Å². The lowest BCUT2D eigenvalue weighted by Crippen LogP contribution is -2.42. The third-order valence-electron chi connectivity index (χ3n) is 5.53. The minimum atomic E-state index is -1.80. The van der Waals surface area contributed by atoms with E-state index < -0.39 is 11.5 Å². The first-order chi connectivity index (χ1) is 12.8. The lowest BCUT2D eigenvalue weighted by Gasteiger charge is -2.23. The topological polar surface area (TPSA) is 57.6 Å². The van der Waals surface area contributed by atoms with E-state index in [1.54, 1.807) is 17.0 Å². The van der Waals surface area contributed by atoms with Crippen LogP contribution in [-0.4, -0.2) is 23.3 Å². The number of anilines is 1. The molecule has 27 heavy (non-hydrogen) atoms. The van der Waals surface area contributed by atoms with Gasteiger partial charge in [-0.3, -0.25) is 9.59 Å². The molecule has 2 aromatic carbocycles. The zero-order valence-electron chi connectivity index (χ0n) is 16.5. The molecule has 1 atom stereocenters. The Balaban J connectivity index is 1.97. The molecule has 1 N–H and O–H groups in total. The van der Waals surface area contributed by atoms with E-state index >= 15 is 0 Å². The number of nitrogens with zero attached hydrogens (tertiary/aromatic N) is 1. The normalized spacial score (nSPS) is 18.7. The molecule has 0 radical (unpaired) electrons. The monoisotopic (exact) mass is 365 g/mol. The third kappa shape index (κ3) is 3.30. The van der Waals surface area contributed by atoms with Crippen molar-refractivity contribution in [3.63, 3.8) is 0 Å². The van der Waals surface area contributed by atoms with Gasteiger partial charge in [0, 0.05) is 17.7 Å². The van der Waals surface area contributed by atoms with Crippen molar-refractivity contribution in [3.8, 4) is 0 Å². The van der Waals surface area contributed by atoms with Crippen LogP contribution in [0.2, 0.25) is 0 Å². The number of benzene rings is 2. The maximum atomic E-state index is 13.1. The molecule has 0 aliphatic carbocycles. The Bertz CT molecular complexity index is 902. The molecular formula is C23H27NO3. The van der Waals surface area contributed by atoms with E-state index in [0.717, 1.165) is 29.5 Å². The fourth-order valence-electron chi connectivity index (χ4n) is 3.80. The van der Waals surface area contributed by atoms with Crippen molar-refractivity contribution < 1.29 is 14.7 Å². The molecule has 4 heteroatoms. The summed E-state index contributed by atoms with van der Waals surface area (Å²) in [7, 11) is 0. The number of fused-ring (bicyclic) bond motifs is 1. The van der Waals surface area contributed by atoms with E-state index in [1.807, 2.05) is 45.0 Å². The van der Waals surface area contributed by atoms with Crippen molar-refractivity contribution in [2.24, 2.45) is 0 Å². The van der Waals surface area contributed by atoms with Crippen LogP contribution in [0.1, 0.15) is 58.8 Å². The predicted molar refractivity (Wildman–Crippen MR) is 107 cm³/mol. The Morgan fingerprint density at radius 2 is 1.74 bits per heavy atom. The number of carbonyl (C=O) groups is 2. The fraction of sp³-hybridized carbons (Fsp3) is 0.391. The number of Topliss-reactive ketones (excluding diaryl/α,β-unsaturated/α-hetero) is 1. The van der Waals surface area contributed by atoms with E-state index in [0.29, 0.717) is 23.4 Å². The minimum absolute atomic E-state index is 0.210. The smallest absolute Gasteiger partial charge is 0.264 e. The number of hydrogen-bond acceptors (Lipinski definition) is 3. The lowest BCUT2D eigenvalue weighted by molar-refractivity contribution is -0.135. The van der Waals surface area contributed by atoms with E-state index in [2.05, 4.69) is 6.92 Å². The summed E-state index contributed by atoms with van der Waals surface area (Å²) in [5.41, 5.74) is 3.03. The molecule has 1 unspecified atom stereocenters. The molecule has 0 bridgehead atoms. The molecule has 2 aromatic rings. The zero-order chi connectivity index (χ0) is 19.8. The number of carbonyl (C=O) groups excluding carboxylic acids is 2. The number of amides is 1. The first-order valence-electron chi connectivity index (χ1n) is 9.54. The minimum Gasteiger partial charge on any atom is -0.375 e. The lowest BCUT2D eigenvalue weighted by atomic mass is 9.86. The van der Waals surface area contributed by atoms with Gasteiger partial charge in [-0.05, 0) is 56.0 Å². The highest BCUT2D eigenvalue weighted by molar-refractivity contribution is 6.11. The maximum absolute atomic E-state index is 13.1. The van der Waals surface area contributed by atoms with Crippen molar-refractivity contribution in [2.45, 2.75) is 52.6 Å². The van der Waals surface area contributed by atoms with Crippen LogP contribution < -0.4 is 4.90 Å². The van der Waals surface area contributed by atoms with E-state index in [1.165, 1.54) is 0 Å². The predicted octanol–water partition coefficient (Wildman–Crippen LogP) is 4.22.